The molecule has 3 aromatic rings. The highest BCUT2D eigenvalue weighted by Crippen LogP contribution is 2.36. The smallest absolute Gasteiger partial charge is 0.160 e. The van der Waals surface area contributed by atoms with Crippen LogP contribution in [0.5, 0.6) is 0 Å². The summed E-state index contributed by atoms with van der Waals surface area (Å²) in [4.78, 5) is 4.27. The van der Waals surface area contributed by atoms with Crippen molar-refractivity contribution in [2.24, 2.45) is 4.99 Å². The first kappa shape index (κ1) is 18.8. The summed E-state index contributed by atoms with van der Waals surface area (Å²) in [5.41, 5.74) is 1.61. The van der Waals surface area contributed by atoms with E-state index in [0.29, 0.717) is 42.8 Å². The van der Waals surface area contributed by atoms with Crippen molar-refractivity contribution in [3.8, 4) is 17.3 Å². The van der Waals surface area contributed by atoms with Crippen LogP contribution in [-0.2, 0) is 6.42 Å². The number of hydrogen-bond acceptors (Lipinski definition) is 4. The number of rotatable bonds is 4. The molecule has 1 heterocycles. The van der Waals surface area contributed by atoms with Gasteiger partial charge in [0, 0.05) is 28.2 Å². The van der Waals surface area contributed by atoms with E-state index in [1.54, 1.807) is 42.6 Å². The molecule has 0 unspecified atom stereocenters. The van der Waals surface area contributed by atoms with Crippen molar-refractivity contribution in [1.82, 2.24) is 5.16 Å². The molecule has 2 aromatic carbocycles. The van der Waals surface area contributed by atoms with Crippen LogP contribution in [0.15, 0.2) is 45.9 Å². The first-order valence-corrected chi connectivity index (χ1v) is 8.82. The van der Waals surface area contributed by atoms with Crippen molar-refractivity contribution in [2.75, 3.05) is 0 Å². The maximum atomic E-state index is 9.50. The predicted octanol–water partition coefficient (Wildman–Crippen LogP) is 6.77. The third kappa shape index (κ3) is 4.03. The van der Waals surface area contributed by atoms with Crippen molar-refractivity contribution in [3.05, 3.63) is 67.8 Å². The molecule has 0 saturated heterocycles. The molecule has 0 amide bonds. The van der Waals surface area contributed by atoms with Gasteiger partial charge in [0.1, 0.15) is 17.3 Å². The Morgan fingerprint density at radius 2 is 1.73 bits per heavy atom. The average molecular weight is 425 g/mol. The Bertz CT molecular complexity index is 997. The van der Waals surface area contributed by atoms with Crippen molar-refractivity contribution >= 4 is 58.3 Å². The quantitative estimate of drug-likeness (QED) is 0.434. The maximum absolute atomic E-state index is 9.50. The zero-order valence-corrected chi connectivity index (χ0v) is 16.0. The Balaban J connectivity index is 1.90. The molecule has 1 aromatic heterocycles. The molecule has 0 radical (unpaired) electrons. The summed E-state index contributed by atoms with van der Waals surface area (Å²) >= 11 is 24.3. The van der Waals surface area contributed by atoms with Crippen LogP contribution in [0.25, 0.3) is 11.3 Å². The second-order valence-corrected chi connectivity index (χ2v) is 6.87. The molecule has 0 aliphatic heterocycles. The molecule has 130 valence electrons. The van der Waals surface area contributed by atoms with Gasteiger partial charge in [-0.1, -0.05) is 57.6 Å². The summed E-state index contributed by atoms with van der Waals surface area (Å²) in [7, 11) is 0. The molecule has 8 heteroatoms. The van der Waals surface area contributed by atoms with Crippen LogP contribution in [0.2, 0.25) is 20.1 Å². The standard InChI is InChI=1S/C18H9Cl4N3O/c19-10-6-11(20)8-12(7-10)24-5-4-16-13(9-23)18(25-26-16)17-14(21)2-1-3-15(17)22/h1-3,5-8H,4H2. The minimum absolute atomic E-state index is 0.252. The lowest BCUT2D eigenvalue weighted by Crippen LogP contribution is -1.90. The molecule has 0 aliphatic carbocycles. The van der Waals surface area contributed by atoms with Gasteiger partial charge in [-0.25, -0.2) is 0 Å². The predicted molar refractivity (Wildman–Crippen MR) is 105 cm³/mol. The lowest BCUT2D eigenvalue weighted by atomic mass is 10.1. The minimum atomic E-state index is 0.252. The third-order valence-electron chi connectivity index (χ3n) is 3.44. The van der Waals surface area contributed by atoms with Gasteiger partial charge >= 0.3 is 0 Å². The first-order valence-electron chi connectivity index (χ1n) is 7.31. The van der Waals surface area contributed by atoms with Gasteiger partial charge < -0.3 is 4.52 Å². The zero-order valence-electron chi connectivity index (χ0n) is 13.0. The number of hydrogen-bond donors (Lipinski definition) is 0. The monoisotopic (exact) mass is 423 g/mol. The highest BCUT2D eigenvalue weighted by atomic mass is 35.5. The topological polar surface area (TPSA) is 62.2 Å². The SMILES string of the molecule is N#Cc1c(-c2c(Cl)cccc2Cl)noc1CC=Nc1cc(Cl)cc(Cl)c1. The second kappa shape index (κ2) is 8.11. The molecule has 26 heavy (non-hydrogen) atoms. The van der Waals surface area contributed by atoms with E-state index in [2.05, 4.69) is 16.2 Å². The van der Waals surface area contributed by atoms with E-state index in [1.807, 2.05) is 0 Å². The van der Waals surface area contributed by atoms with Crippen molar-refractivity contribution in [3.63, 3.8) is 0 Å². The molecule has 4 nitrogen and oxygen atoms in total. The highest BCUT2D eigenvalue weighted by molar-refractivity contribution is 6.39. The van der Waals surface area contributed by atoms with Crippen LogP contribution in [0.3, 0.4) is 0 Å². The largest absolute Gasteiger partial charge is 0.359 e. The van der Waals surface area contributed by atoms with Crippen LogP contribution in [-0.4, -0.2) is 11.4 Å². The molecule has 0 atom stereocenters. The molecular weight excluding hydrogens is 416 g/mol. The Morgan fingerprint density at radius 3 is 2.35 bits per heavy atom. The van der Waals surface area contributed by atoms with Gasteiger partial charge in [-0.05, 0) is 30.3 Å². The molecule has 3 rings (SSSR count). The maximum Gasteiger partial charge on any atom is 0.160 e. The molecule has 0 fully saturated rings. The molecule has 0 saturated carbocycles. The van der Waals surface area contributed by atoms with Crippen molar-refractivity contribution < 1.29 is 4.52 Å². The lowest BCUT2D eigenvalue weighted by molar-refractivity contribution is 0.395. The lowest BCUT2D eigenvalue weighted by Gasteiger charge is -2.02. The number of aliphatic imine (C=N–C) groups is 1. The van der Waals surface area contributed by atoms with Crippen molar-refractivity contribution in [2.45, 2.75) is 6.42 Å². The van der Waals surface area contributed by atoms with E-state index < -0.39 is 0 Å². The number of nitrogens with zero attached hydrogens (tertiary/aromatic N) is 3. The second-order valence-electron chi connectivity index (χ2n) is 5.18. The van der Waals surface area contributed by atoms with Gasteiger partial charge in [0.25, 0.3) is 0 Å². The van der Waals surface area contributed by atoms with Gasteiger partial charge in [-0.15, -0.1) is 0 Å². The van der Waals surface area contributed by atoms with Crippen molar-refractivity contribution in [1.29, 1.82) is 5.26 Å². The van der Waals surface area contributed by atoms with E-state index in [4.69, 9.17) is 50.9 Å². The van der Waals surface area contributed by atoms with E-state index in [1.165, 1.54) is 0 Å². The fourth-order valence-electron chi connectivity index (χ4n) is 2.32. The summed E-state index contributed by atoms with van der Waals surface area (Å²) < 4.78 is 5.30. The fraction of sp³-hybridized carbons (Fsp3) is 0.0556. The van der Waals surface area contributed by atoms with Crippen LogP contribution < -0.4 is 0 Å². The number of aromatic nitrogens is 1. The van der Waals surface area contributed by atoms with E-state index in [0.717, 1.165) is 0 Å². The summed E-state index contributed by atoms with van der Waals surface area (Å²) in [5.74, 6) is 0.357. The third-order valence-corrected chi connectivity index (χ3v) is 4.50. The van der Waals surface area contributed by atoms with Gasteiger partial charge in [-0.2, -0.15) is 5.26 Å². The van der Waals surface area contributed by atoms with E-state index in [9.17, 15) is 5.26 Å². The first-order chi connectivity index (χ1) is 12.5. The van der Waals surface area contributed by atoms with E-state index in [-0.39, 0.29) is 12.0 Å². The Hall–Kier alpha value is -2.03. The van der Waals surface area contributed by atoms with Crippen LogP contribution in [0, 0.1) is 11.3 Å². The molecule has 0 N–H and O–H groups in total. The molecular formula is C18H9Cl4N3O. The van der Waals surface area contributed by atoms with Crippen LogP contribution >= 0.6 is 46.4 Å². The Labute approximate surface area is 169 Å². The average Bonchev–Trinajstić information content (AvgIpc) is 2.96. The minimum Gasteiger partial charge on any atom is -0.359 e. The number of halogens is 4. The summed E-state index contributed by atoms with van der Waals surface area (Å²) in [6, 6.07) is 12.1. The van der Waals surface area contributed by atoms with Gasteiger partial charge in [0.2, 0.25) is 0 Å². The fourth-order valence-corrected chi connectivity index (χ4v) is 3.41. The summed E-state index contributed by atoms with van der Waals surface area (Å²) in [6.07, 6.45) is 1.84. The highest BCUT2D eigenvalue weighted by Gasteiger charge is 2.21. The molecule has 0 bridgehead atoms. The van der Waals surface area contributed by atoms with Crippen LogP contribution in [0.1, 0.15) is 11.3 Å². The number of benzene rings is 2. The molecule has 0 aliphatic rings. The summed E-state index contributed by atoms with van der Waals surface area (Å²) in [5, 5.41) is 15.2. The number of nitriles is 1. The van der Waals surface area contributed by atoms with Gasteiger partial charge in [0.05, 0.1) is 15.7 Å². The van der Waals surface area contributed by atoms with Crippen LogP contribution in [0.4, 0.5) is 5.69 Å². The zero-order chi connectivity index (χ0) is 18.7. The van der Waals surface area contributed by atoms with Gasteiger partial charge in [0.15, 0.2) is 5.76 Å². The Kier molecular flexibility index (Phi) is 5.85. The van der Waals surface area contributed by atoms with E-state index >= 15 is 0 Å². The van der Waals surface area contributed by atoms with Gasteiger partial charge in [-0.3, -0.25) is 4.99 Å². The Morgan fingerprint density at radius 1 is 1.08 bits per heavy atom. The summed E-state index contributed by atoms with van der Waals surface area (Å²) in [6.45, 7) is 0. The normalized spacial score (nSPS) is 11.0. The molecule has 0 spiro atoms.